The van der Waals surface area contributed by atoms with Gasteiger partial charge in [-0.15, -0.1) is 0 Å². The highest BCUT2D eigenvalue weighted by Crippen LogP contribution is 2.24. The normalized spacial score (nSPS) is 14.6. The van der Waals surface area contributed by atoms with Gasteiger partial charge in [0.2, 0.25) is 0 Å². The van der Waals surface area contributed by atoms with Crippen LogP contribution in [0.15, 0.2) is 42.7 Å². The molecule has 7 heteroatoms. The number of rotatable bonds is 6. The molecule has 0 saturated carbocycles. The number of nitrogens with one attached hydrogen (secondary N) is 2. The second-order valence-electron chi connectivity index (χ2n) is 8.84. The van der Waals surface area contributed by atoms with E-state index in [1.165, 1.54) is 25.1 Å². The first-order valence-electron chi connectivity index (χ1n) is 11.3. The Morgan fingerprint density at radius 3 is 2.62 bits per heavy atom. The van der Waals surface area contributed by atoms with E-state index in [9.17, 15) is 9.18 Å². The first-order valence-corrected chi connectivity index (χ1v) is 11.3. The third-order valence-corrected chi connectivity index (χ3v) is 5.86. The summed E-state index contributed by atoms with van der Waals surface area (Å²) in [6, 6.07) is 8.40. The van der Waals surface area contributed by atoms with Crippen molar-refractivity contribution < 1.29 is 9.18 Å². The number of carbonyl (C=O) groups is 1. The van der Waals surface area contributed by atoms with Gasteiger partial charge in [-0.3, -0.25) is 14.6 Å². The van der Waals surface area contributed by atoms with Crippen LogP contribution in [0.25, 0.3) is 5.65 Å². The van der Waals surface area contributed by atoms with E-state index in [-0.39, 0.29) is 17.4 Å². The van der Waals surface area contributed by atoms with Crippen molar-refractivity contribution in [2.45, 2.75) is 39.5 Å². The van der Waals surface area contributed by atoms with Gasteiger partial charge < -0.3 is 10.2 Å². The van der Waals surface area contributed by atoms with E-state index in [0.717, 1.165) is 31.6 Å². The minimum atomic E-state index is -0.388. The summed E-state index contributed by atoms with van der Waals surface area (Å²) in [6.07, 6.45) is 7.34. The molecule has 4 rings (SSSR count). The predicted molar refractivity (Wildman–Crippen MR) is 125 cm³/mol. The molecule has 0 spiro atoms. The van der Waals surface area contributed by atoms with Crippen LogP contribution < -0.4 is 5.32 Å². The van der Waals surface area contributed by atoms with Crippen molar-refractivity contribution in [2.24, 2.45) is 5.92 Å². The molecule has 0 atom stereocenters. The lowest BCUT2D eigenvalue weighted by molar-refractivity contribution is 0.0761. The van der Waals surface area contributed by atoms with Crippen LogP contribution >= 0.6 is 0 Å². The lowest BCUT2D eigenvalue weighted by Gasteiger charge is -2.22. The average Bonchev–Trinajstić information content (AvgIpc) is 3.01. The number of aromatic nitrogens is 2. The van der Waals surface area contributed by atoms with Gasteiger partial charge in [0, 0.05) is 42.6 Å². The number of hydrogen-bond acceptors (Lipinski definition) is 4. The van der Waals surface area contributed by atoms with Crippen molar-refractivity contribution in [1.82, 2.24) is 14.3 Å². The molecule has 0 aliphatic carbocycles. The lowest BCUT2D eigenvalue weighted by atomic mass is 10.0. The predicted octanol–water partition coefficient (Wildman–Crippen LogP) is 4.97. The molecular formula is C25H30FN5O. The minimum Gasteiger partial charge on any atom is -0.384 e. The topological polar surface area (TPSA) is 73.5 Å². The second-order valence-corrected chi connectivity index (χ2v) is 8.84. The molecule has 2 N–H and O–H groups in total. The maximum atomic E-state index is 13.8. The highest BCUT2D eigenvalue weighted by atomic mass is 19.1. The zero-order chi connectivity index (χ0) is 22.7. The molecule has 0 bridgehead atoms. The summed E-state index contributed by atoms with van der Waals surface area (Å²) < 4.78 is 15.4. The Balaban J connectivity index is 1.69. The third-order valence-electron chi connectivity index (χ3n) is 5.86. The van der Waals surface area contributed by atoms with Crippen molar-refractivity contribution in [1.29, 1.82) is 5.41 Å². The van der Waals surface area contributed by atoms with Crippen LogP contribution in [0.5, 0.6) is 0 Å². The van der Waals surface area contributed by atoms with E-state index in [1.54, 1.807) is 22.7 Å². The van der Waals surface area contributed by atoms with Gasteiger partial charge in [0.1, 0.15) is 11.5 Å². The number of hydrogen-bond donors (Lipinski definition) is 2. The van der Waals surface area contributed by atoms with E-state index in [4.69, 9.17) is 5.41 Å². The van der Waals surface area contributed by atoms with Gasteiger partial charge in [-0.25, -0.2) is 9.37 Å². The van der Waals surface area contributed by atoms with E-state index >= 15 is 0 Å². The third kappa shape index (κ3) is 4.66. The summed E-state index contributed by atoms with van der Waals surface area (Å²) in [5.74, 6) is 0.0439. The molecule has 1 saturated heterocycles. The fourth-order valence-corrected chi connectivity index (χ4v) is 4.09. The number of likely N-dealkylation sites (tertiary alicyclic amines) is 1. The number of nitrogens with zero attached hydrogens (tertiary/aromatic N) is 3. The number of fused-ring (bicyclic) bond motifs is 1. The highest BCUT2D eigenvalue weighted by Gasteiger charge is 2.21. The highest BCUT2D eigenvalue weighted by molar-refractivity contribution is 6.14. The lowest BCUT2D eigenvalue weighted by Crippen LogP contribution is -2.32. The molecule has 6 nitrogen and oxygen atoms in total. The number of carbonyl (C=O) groups excluding carboxylic acids is 1. The number of amides is 1. The van der Waals surface area contributed by atoms with Gasteiger partial charge in [-0.1, -0.05) is 26.7 Å². The van der Waals surface area contributed by atoms with Crippen LogP contribution in [0.1, 0.15) is 61.1 Å². The van der Waals surface area contributed by atoms with Gasteiger partial charge in [-0.2, -0.15) is 0 Å². The number of anilines is 1. The largest absolute Gasteiger partial charge is 0.384 e. The zero-order valence-corrected chi connectivity index (χ0v) is 18.7. The molecule has 3 aromatic rings. The number of pyridine rings is 1. The molecule has 32 heavy (non-hydrogen) atoms. The Bertz CT molecular complexity index is 1130. The maximum Gasteiger partial charge on any atom is 0.253 e. The number of benzene rings is 1. The SMILES string of the molecule is CC(C)CNc1cc(C(=O)N2CCCCCC2)ccc1C(=N)c1cnc2ccc(F)cn12. The van der Waals surface area contributed by atoms with Crippen LogP contribution in [-0.2, 0) is 0 Å². The molecular weight excluding hydrogens is 405 g/mol. The Labute approximate surface area is 188 Å². The fraction of sp³-hybridized carbons (Fsp3) is 0.400. The van der Waals surface area contributed by atoms with Crippen LogP contribution in [0.4, 0.5) is 10.1 Å². The summed E-state index contributed by atoms with van der Waals surface area (Å²) in [5.41, 5.74) is 3.32. The fourth-order valence-electron chi connectivity index (χ4n) is 4.09. The van der Waals surface area contributed by atoms with Gasteiger partial charge in [-0.05, 0) is 49.1 Å². The molecule has 1 aromatic carbocycles. The second kappa shape index (κ2) is 9.51. The van der Waals surface area contributed by atoms with Crippen molar-refractivity contribution in [3.05, 3.63) is 65.4 Å². The molecule has 0 radical (unpaired) electrons. The van der Waals surface area contributed by atoms with Gasteiger partial charge in [0.25, 0.3) is 5.91 Å². The molecule has 0 unspecified atom stereocenters. The minimum absolute atomic E-state index is 0.0365. The Kier molecular flexibility index (Phi) is 6.53. The summed E-state index contributed by atoms with van der Waals surface area (Å²) in [5, 5.41) is 12.3. The Morgan fingerprint density at radius 2 is 1.91 bits per heavy atom. The van der Waals surface area contributed by atoms with Gasteiger partial charge in [0.05, 0.1) is 17.6 Å². The molecule has 2 aromatic heterocycles. The summed E-state index contributed by atoms with van der Waals surface area (Å²) in [4.78, 5) is 19.4. The van der Waals surface area contributed by atoms with E-state index < -0.39 is 0 Å². The van der Waals surface area contributed by atoms with Crippen molar-refractivity contribution in [2.75, 3.05) is 25.0 Å². The summed E-state index contributed by atoms with van der Waals surface area (Å²) >= 11 is 0. The van der Waals surface area contributed by atoms with Crippen LogP contribution in [0.2, 0.25) is 0 Å². The van der Waals surface area contributed by atoms with Crippen LogP contribution in [0.3, 0.4) is 0 Å². The van der Waals surface area contributed by atoms with Gasteiger partial charge >= 0.3 is 0 Å². The smallest absolute Gasteiger partial charge is 0.253 e. The molecule has 168 valence electrons. The first kappa shape index (κ1) is 22.0. The standard InChI is InChI=1S/C25H30FN5O/c1-17(2)14-28-21-13-18(25(32)30-11-5-3-4-6-12-30)7-9-20(21)24(27)22-15-29-23-10-8-19(26)16-31(22)23/h7-10,13,15-17,27-28H,3-6,11-12,14H2,1-2H3. The van der Waals surface area contributed by atoms with E-state index in [2.05, 4.69) is 24.1 Å². The maximum absolute atomic E-state index is 13.8. The van der Waals surface area contributed by atoms with Crippen molar-refractivity contribution in [3.8, 4) is 0 Å². The van der Waals surface area contributed by atoms with Crippen LogP contribution in [-0.4, -0.2) is 45.5 Å². The van der Waals surface area contributed by atoms with E-state index in [0.29, 0.717) is 34.9 Å². The summed E-state index contributed by atoms with van der Waals surface area (Å²) in [7, 11) is 0. The van der Waals surface area contributed by atoms with E-state index in [1.807, 2.05) is 17.0 Å². The average molecular weight is 436 g/mol. The molecule has 3 heterocycles. The number of imidazole rings is 1. The molecule has 1 aliphatic heterocycles. The summed E-state index contributed by atoms with van der Waals surface area (Å²) in [6.45, 7) is 6.51. The quantitative estimate of drug-likeness (QED) is 0.537. The van der Waals surface area contributed by atoms with Crippen molar-refractivity contribution >= 4 is 23.0 Å². The zero-order valence-electron chi connectivity index (χ0n) is 18.7. The molecule has 1 fully saturated rings. The van der Waals surface area contributed by atoms with Crippen molar-refractivity contribution in [3.63, 3.8) is 0 Å². The first-order chi connectivity index (χ1) is 15.4. The molecule has 1 amide bonds. The van der Waals surface area contributed by atoms with Gasteiger partial charge in [0.15, 0.2) is 0 Å². The Morgan fingerprint density at radius 1 is 1.16 bits per heavy atom. The number of halogens is 1. The monoisotopic (exact) mass is 435 g/mol. The van der Waals surface area contributed by atoms with Crippen LogP contribution in [0, 0.1) is 17.1 Å². The Hall–Kier alpha value is -3.22. The molecule has 1 aliphatic rings.